The Kier molecular flexibility index (Phi) is 3.66. The Labute approximate surface area is 115 Å². The van der Waals surface area contributed by atoms with E-state index in [1.54, 1.807) is 17.6 Å². The molecule has 0 saturated heterocycles. The molecule has 4 nitrogen and oxygen atoms in total. The summed E-state index contributed by atoms with van der Waals surface area (Å²) in [6.45, 7) is 2.16. The second-order valence-corrected chi connectivity index (χ2v) is 6.70. The first-order valence-electron chi connectivity index (χ1n) is 5.10. The molecule has 0 aliphatic heterocycles. The van der Waals surface area contributed by atoms with Gasteiger partial charge in [-0.1, -0.05) is 29.8 Å². The lowest BCUT2D eigenvalue weighted by Gasteiger charge is -2.06. The van der Waals surface area contributed by atoms with E-state index in [9.17, 15) is 8.42 Å². The van der Waals surface area contributed by atoms with Crippen LogP contribution in [0, 0.1) is 6.92 Å². The van der Waals surface area contributed by atoms with Gasteiger partial charge >= 0.3 is 0 Å². The summed E-state index contributed by atoms with van der Waals surface area (Å²) in [5.41, 5.74) is 0.887. The van der Waals surface area contributed by atoms with Crippen molar-refractivity contribution in [1.82, 2.24) is 9.55 Å². The van der Waals surface area contributed by atoms with Crippen molar-refractivity contribution in [3.05, 3.63) is 46.9 Å². The summed E-state index contributed by atoms with van der Waals surface area (Å²) in [7, 11) is 1.45. The average molecular weight is 305 g/mol. The number of nitrogens with zero attached hydrogens (tertiary/aromatic N) is 2. The molecule has 0 radical (unpaired) electrons. The maximum atomic E-state index is 11.2. The highest BCUT2D eigenvalue weighted by Crippen LogP contribution is 2.19. The van der Waals surface area contributed by atoms with Crippen LogP contribution in [0.2, 0.25) is 5.02 Å². The van der Waals surface area contributed by atoms with Gasteiger partial charge in [-0.3, -0.25) is 0 Å². The minimum atomic E-state index is -3.80. The predicted molar refractivity (Wildman–Crippen MR) is 70.6 cm³/mol. The molecule has 18 heavy (non-hydrogen) atoms. The first-order valence-corrected chi connectivity index (χ1v) is 7.78. The van der Waals surface area contributed by atoms with E-state index in [1.165, 1.54) is 6.20 Å². The topological polar surface area (TPSA) is 52.0 Å². The van der Waals surface area contributed by atoms with E-state index in [2.05, 4.69) is 4.98 Å². The highest BCUT2D eigenvalue weighted by molar-refractivity contribution is 8.13. The van der Waals surface area contributed by atoms with Gasteiger partial charge in [0.05, 0.1) is 6.54 Å². The largest absolute Gasteiger partial charge is 0.329 e. The maximum Gasteiger partial charge on any atom is 0.280 e. The summed E-state index contributed by atoms with van der Waals surface area (Å²) >= 11 is 6.05. The summed E-state index contributed by atoms with van der Waals surface area (Å²) < 4.78 is 24.1. The van der Waals surface area contributed by atoms with Crippen LogP contribution in [-0.4, -0.2) is 18.0 Å². The van der Waals surface area contributed by atoms with E-state index in [-0.39, 0.29) is 5.03 Å². The monoisotopic (exact) mass is 304 g/mol. The Morgan fingerprint density at radius 1 is 1.33 bits per heavy atom. The van der Waals surface area contributed by atoms with Crippen LogP contribution in [0.1, 0.15) is 11.4 Å². The van der Waals surface area contributed by atoms with Crippen LogP contribution in [0.15, 0.2) is 35.5 Å². The van der Waals surface area contributed by atoms with Gasteiger partial charge in [0.15, 0.2) is 5.03 Å². The summed E-state index contributed by atoms with van der Waals surface area (Å²) in [4.78, 5) is 3.91. The summed E-state index contributed by atoms with van der Waals surface area (Å²) in [5, 5.41) is 0.481. The lowest BCUT2D eigenvalue weighted by Crippen LogP contribution is -2.01. The highest BCUT2D eigenvalue weighted by atomic mass is 35.7. The van der Waals surface area contributed by atoms with Crippen LogP contribution in [-0.2, 0) is 15.6 Å². The zero-order valence-corrected chi connectivity index (χ0v) is 11.8. The fraction of sp³-hybridized carbons (Fsp3) is 0.182. The molecule has 0 bridgehead atoms. The predicted octanol–water partition coefficient (Wildman–Crippen LogP) is 2.82. The van der Waals surface area contributed by atoms with Gasteiger partial charge in [-0.15, -0.1) is 0 Å². The molecule has 7 heteroatoms. The van der Waals surface area contributed by atoms with Gasteiger partial charge in [0.25, 0.3) is 9.05 Å². The van der Waals surface area contributed by atoms with Crippen LogP contribution < -0.4 is 0 Å². The van der Waals surface area contributed by atoms with Crippen LogP contribution in [0.4, 0.5) is 0 Å². The Balaban J connectivity index is 2.37. The maximum absolute atomic E-state index is 11.2. The van der Waals surface area contributed by atoms with Crippen molar-refractivity contribution in [3.8, 4) is 0 Å². The molecule has 1 heterocycles. The van der Waals surface area contributed by atoms with Crippen molar-refractivity contribution in [2.75, 3.05) is 0 Å². The molecule has 0 aliphatic carbocycles. The van der Waals surface area contributed by atoms with Gasteiger partial charge < -0.3 is 4.57 Å². The van der Waals surface area contributed by atoms with Gasteiger partial charge in [0.1, 0.15) is 5.82 Å². The van der Waals surface area contributed by atoms with Crippen LogP contribution in [0.25, 0.3) is 0 Å². The van der Waals surface area contributed by atoms with Crippen molar-refractivity contribution in [2.45, 2.75) is 18.5 Å². The Morgan fingerprint density at radius 3 is 2.56 bits per heavy atom. The number of imidazole rings is 1. The van der Waals surface area contributed by atoms with Crippen LogP contribution in [0.3, 0.4) is 0 Å². The molecule has 0 spiro atoms. The van der Waals surface area contributed by atoms with Crippen LogP contribution >= 0.6 is 22.3 Å². The molecule has 0 saturated carbocycles. The summed E-state index contributed by atoms with van der Waals surface area (Å²) in [5.74, 6) is 0.564. The van der Waals surface area contributed by atoms with E-state index in [1.807, 2.05) is 18.2 Å². The van der Waals surface area contributed by atoms with Crippen LogP contribution in [0.5, 0.6) is 0 Å². The molecule has 0 atom stereocenters. The van der Waals surface area contributed by atoms with Crippen molar-refractivity contribution >= 4 is 31.3 Å². The highest BCUT2D eigenvalue weighted by Gasteiger charge is 2.16. The lowest BCUT2D eigenvalue weighted by molar-refractivity contribution is 0.606. The molecule has 96 valence electrons. The fourth-order valence-electron chi connectivity index (χ4n) is 1.57. The van der Waals surface area contributed by atoms with Gasteiger partial charge in [-0.05, 0) is 18.6 Å². The average Bonchev–Trinajstić information content (AvgIpc) is 2.63. The number of aryl methyl sites for hydroxylation is 1. The normalized spacial score (nSPS) is 11.7. The molecule has 1 aromatic heterocycles. The number of hydrogen-bond donors (Lipinski definition) is 0. The van der Waals surface area contributed by atoms with Gasteiger partial charge in [-0.25, -0.2) is 13.4 Å². The number of aromatic nitrogens is 2. The van der Waals surface area contributed by atoms with Crippen molar-refractivity contribution < 1.29 is 8.42 Å². The van der Waals surface area contributed by atoms with Gasteiger partial charge in [0, 0.05) is 21.9 Å². The van der Waals surface area contributed by atoms with Gasteiger partial charge in [-0.2, -0.15) is 0 Å². The van der Waals surface area contributed by atoms with E-state index < -0.39 is 9.05 Å². The zero-order chi connectivity index (χ0) is 13.3. The number of hydrogen-bond acceptors (Lipinski definition) is 3. The Hall–Kier alpha value is -1.04. The minimum absolute atomic E-state index is 0.145. The molecule has 0 unspecified atom stereocenters. The number of rotatable bonds is 3. The summed E-state index contributed by atoms with van der Waals surface area (Å²) in [6.07, 6.45) is 1.40. The second-order valence-electron chi connectivity index (χ2n) is 3.78. The third-order valence-electron chi connectivity index (χ3n) is 2.50. The molecule has 2 aromatic rings. The number of halogens is 2. The minimum Gasteiger partial charge on any atom is -0.329 e. The molecule has 0 aliphatic rings. The Bertz CT molecular complexity index is 680. The smallest absolute Gasteiger partial charge is 0.280 e. The SMILES string of the molecule is Cc1nc(S(=O)(=O)Cl)cn1Cc1ccccc1Cl. The van der Waals surface area contributed by atoms with Crippen molar-refractivity contribution in [1.29, 1.82) is 0 Å². The molecule has 2 rings (SSSR count). The first kappa shape index (κ1) is 13.4. The van der Waals surface area contributed by atoms with E-state index in [4.69, 9.17) is 22.3 Å². The standard InChI is InChI=1S/C11H10Cl2N2O2S/c1-8-14-11(18(13,16)17)7-15(8)6-9-4-2-3-5-10(9)12/h2-5,7H,6H2,1H3. The first-order chi connectivity index (χ1) is 8.38. The lowest BCUT2D eigenvalue weighted by atomic mass is 10.2. The molecular formula is C11H10Cl2N2O2S. The molecule has 0 N–H and O–H groups in total. The van der Waals surface area contributed by atoms with E-state index >= 15 is 0 Å². The Morgan fingerprint density at radius 2 is 2.00 bits per heavy atom. The molecule has 0 fully saturated rings. The second kappa shape index (κ2) is 4.91. The van der Waals surface area contributed by atoms with Crippen molar-refractivity contribution in [2.24, 2.45) is 0 Å². The zero-order valence-electron chi connectivity index (χ0n) is 9.47. The summed E-state index contributed by atoms with van der Waals surface area (Å²) in [6, 6.07) is 7.35. The molecule has 0 amide bonds. The van der Waals surface area contributed by atoms with E-state index in [0.29, 0.717) is 17.4 Å². The third-order valence-corrected chi connectivity index (χ3v) is 4.04. The molecule has 1 aromatic carbocycles. The van der Waals surface area contributed by atoms with Crippen molar-refractivity contribution in [3.63, 3.8) is 0 Å². The quantitative estimate of drug-likeness (QED) is 0.819. The molecular weight excluding hydrogens is 295 g/mol. The third kappa shape index (κ3) is 2.85. The number of benzene rings is 1. The van der Waals surface area contributed by atoms with E-state index in [0.717, 1.165) is 5.56 Å². The fourth-order valence-corrected chi connectivity index (χ4v) is 2.48. The van der Waals surface area contributed by atoms with Gasteiger partial charge in [0.2, 0.25) is 0 Å².